The first-order valence-electron chi connectivity index (χ1n) is 8.04. The second kappa shape index (κ2) is 5.87. The SMILES string of the molecule is O=C(Cc1c[nH]c2ccccc12)NCc1nnc2n1CCCC2. The van der Waals surface area contributed by atoms with Crippen LogP contribution in [-0.4, -0.2) is 25.7 Å². The summed E-state index contributed by atoms with van der Waals surface area (Å²) >= 11 is 0. The molecule has 1 amide bonds. The fourth-order valence-corrected chi connectivity index (χ4v) is 3.19. The normalized spacial score (nSPS) is 13.9. The Bertz CT molecular complexity index is 848. The molecular formula is C17H19N5O. The molecule has 3 aromatic rings. The molecule has 0 fully saturated rings. The van der Waals surface area contributed by atoms with Crippen LogP contribution in [0, 0.1) is 0 Å². The summed E-state index contributed by atoms with van der Waals surface area (Å²) in [5.74, 6) is 1.90. The van der Waals surface area contributed by atoms with Crippen molar-refractivity contribution in [2.75, 3.05) is 0 Å². The third kappa shape index (κ3) is 2.72. The van der Waals surface area contributed by atoms with E-state index in [-0.39, 0.29) is 5.91 Å². The van der Waals surface area contributed by atoms with E-state index in [1.165, 1.54) is 6.42 Å². The summed E-state index contributed by atoms with van der Waals surface area (Å²) in [6, 6.07) is 8.01. The lowest BCUT2D eigenvalue weighted by Gasteiger charge is -2.14. The molecule has 0 spiro atoms. The van der Waals surface area contributed by atoms with Gasteiger partial charge in [-0.25, -0.2) is 0 Å². The molecule has 2 N–H and O–H groups in total. The van der Waals surface area contributed by atoms with Crippen molar-refractivity contribution in [3.05, 3.63) is 47.7 Å². The zero-order chi connectivity index (χ0) is 15.6. The van der Waals surface area contributed by atoms with Gasteiger partial charge in [-0.15, -0.1) is 10.2 Å². The van der Waals surface area contributed by atoms with E-state index in [4.69, 9.17) is 0 Å². The molecule has 0 aliphatic carbocycles. The Morgan fingerprint density at radius 2 is 2.17 bits per heavy atom. The van der Waals surface area contributed by atoms with Crippen LogP contribution in [0.3, 0.4) is 0 Å². The highest BCUT2D eigenvalue weighted by atomic mass is 16.1. The van der Waals surface area contributed by atoms with E-state index in [0.717, 1.165) is 47.5 Å². The third-order valence-electron chi connectivity index (χ3n) is 4.41. The molecule has 23 heavy (non-hydrogen) atoms. The van der Waals surface area contributed by atoms with Crippen molar-refractivity contribution >= 4 is 16.8 Å². The number of amides is 1. The molecule has 3 heterocycles. The second-order valence-electron chi connectivity index (χ2n) is 5.95. The van der Waals surface area contributed by atoms with Gasteiger partial charge in [-0.1, -0.05) is 18.2 Å². The van der Waals surface area contributed by atoms with E-state index in [1.54, 1.807) is 0 Å². The van der Waals surface area contributed by atoms with E-state index in [2.05, 4.69) is 25.1 Å². The minimum absolute atomic E-state index is 0.00270. The molecule has 0 radical (unpaired) electrons. The summed E-state index contributed by atoms with van der Waals surface area (Å²) in [4.78, 5) is 15.4. The van der Waals surface area contributed by atoms with Crippen LogP contribution >= 0.6 is 0 Å². The second-order valence-corrected chi connectivity index (χ2v) is 5.95. The van der Waals surface area contributed by atoms with Crippen molar-refractivity contribution in [3.8, 4) is 0 Å². The first kappa shape index (κ1) is 14.0. The van der Waals surface area contributed by atoms with Crippen LogP contribution < -0.4 is 5.32 Å². The minimum Gasteiger partial charge on any atom is -0.361 e. The highest BCUT2D eigenvalue weighted by molar-refractivity contribution is 5.88. The molecule has 2 aromatic heterocycles. The number of carbonyl (C=O) groups excluding carboxylic acids is 1. The Balaban J connectivity index is 1.42. The van der Waals surface area contributed by atoms with Gasteiger partial charge in [-0.3, -0.25) is 4.79 Å². The maximum atomic E-state index is 12.2. The lowest BCUT2D eigenvalue weighted by Crippen LogP contribution is -2.27. The van der Waals surface area contributed by atoms with Gasteiger partial charge >= 0.3 is 0 Å². The molecule has 0 atom stereocenters. The summed E-state index contributed by atoms with van der Waals surface area (Å²) in [5.41, 5.74) is 2.07. The van der Waals surface area contributed by atoms with Gasteiger partial charge in [0.15, 0.2) is 5.82 Å². The maximum Gasteiger partial charge on any atom is 0.224 e. The number of rotatable bonds is 4. The first-order valence-corrected chi connectivity index (χ1v) is 8.04. The number of H-pyrrole nitrogens is 1. The van der Waals surface area contributed by atoms with Crippen LogP contribution in [0.4, 0.5) is 0 Å². The van der Waals surface area contributed by atoms with Crippen molar-refractivity contribution in [3.63, 3.8) is 0 Å². The third-order valence-corrected chi connectivity index (χ3v) is 4.41. The van der Waals surface area contributed by atoms with Crippen molar-refractivity contribution < 1.29 is 4.79 Å². The first-order chi connectivity index (χ1) is 11.3. The van der Waals surface area contributed by atoms with Gasteiger partial charge in [0.1, 0.15) is 5.82 Å². The summed E-state index contributed by atoms with van der Waals surface area (Å²) in [5, 5.41) is 12.5. The fraction of sp³-hybridized carbons (Fsp3) is 0.353. The Morgan fingerprint density at radius 1 is 1.26 bits per heavy atom. The lowest BCUT2D eigenvalue weighted by atomic mass is 10.1. The molecule has 0 unspecified atom stereocenters. The van der Waals surface area contributed by atoms with Crippen LogP contribution in [-0.2, 0) is 30.7 Å². The molecule has 0 saturated carbocycles. The number of para-hydroxylation sites is 1. The number of aromatic nitrogens is 4. The van der Waals surface area contributed by atoms with Crippen molar-refractivity contribution in [2.24, 2.45) is 0 Å². The van der Waals surface area contributed by atoms with Gasteiger partial charge in [0.25, 0.3) is 0 Å². The van der Waals surface area contributed by atoms with Crippen LogP contribution in [0.5, 0.6) is 0 Å². The van der Waals surface area contributed by atoms with Crippen LogP contribution in [0.2, 0.25) is 0 Å². The van der Waals surface area contributed by atoms with Crippen LogP contribution in [0.15, 0.2) is 30.5 Å². The standard InChI is InChI=1S/C17H19N5O/c23-17(9-12-10-18-14-6-2-1-5-13(12)14)19-11-16-21-20-15-7-3-4-8-22(15)16/h1-2,5-6,10,18H,3-4,7-9,11H2,(H,19,23). The molecule has 1 aliphatic rings. The number of benzene rings is 1. The Hall–Kier alpha value is -2.63. The molecule has 0 saturated heterocycles. The zero-order valence-electron chi connectivity index (χ0n) is 12.9. The van der Waals surface area contributed by atoms with Gasteiger partial charge < -0.3 is 14.9 Å². The van der Waals surface area contributed by atoms with Gasteiger partial charge in [0.2, 0.25) is 5.91 Å². The lowest BCUT2D eigenvalue weighted by molar-refractivity contribution is -0.120. The highest BCUT2D eigenvalue weighted by Gasteiger charge is 2.16. The van der Waals surface area contributed by atoms with Crippen molar-refractivity contribution in [1.29, 1.82) is 0 Å². The molecular weight excluding hydrogens is 290 g/mol. The van der Waals surface area contributed by atoms with Gasteiger partial charge in [-0.2, -0.15) is 0 Å². The number of fused-ring (bicyclic) bond motifs is 2. The number of nitrogens with one attached hydrogen (secondary N) is 2. The molecule has 118 valence electrons. The van der Waals surface area contributed by atoms with Crippen LogP contribution in [0.25, 0.3) is 10.9 Å². The van der Waals surface area contributed by atoms with Gasteiger partial charge in [0, 0.05) is 30.1 Å². The quantitative estimate of drug-likeness (QED) is 0.773. The smallest absolute Gasteiger partial charge is 0.224 e. The zero-order valence-corrected chi connectivity index (χ0v) is 12.9. The molecule has 0 bridgehead atoms. The number of nitrogens with zero attached hydrogens (tertiary/aromatic N) is 3. The number of hydrogen-bond donors (Lipinski definition) is 2. The summed E-state index contributed by atoms with van der Waals surface area (Å²) < 4.78 is 2.13. The summed E-state index contributed by atoms with van der Waals surface area (Å²) in [6.07, 6.45) is 5.58. The maximum absolute atomic E-state index is 12.2. The molecule has 6 nitrogen and oxygen atoms in total. The van der Waals surface area contributed by atoms with E-state index < -0.39 is 0 Å². The average molecular weight is 309 g/mol. The number of hydrogen-bond acceptors (Lipinski definition) is 3. The molecule has 6 heteroatoms. The number of aryl methyl sites for hydroxylation is 1. The Labute approximate surface area is 133 Å². The number of aromatic amines is 1. The van der Waals surface area contributed by atoms with Gasteiger partial charge in [0.05, 0.1) is 13.0 Å². The predicted octanol–water partition coefficient (Wildman–Crippen LogP) is 1.95. The average Bonchev–Trinajstić information content (AvgIpc) is 3.18. The fourth-order valence-electron chi connectivity index (χ4n) is 3.19. The minimum atomic E-state index is 0.00270. The Morgan fingerprint density at radius 3 is 3.13 bits per heavy atom. The van der Waals surface area contributed by atoms with E-state index >= 15 is 0 Å². The van der Waals surface area contributed by atoms with Crippen molar-refractivity contribution in [2.45, 2.75) is 38.8 Å². The summed E-state index contributed by atoms with van der Waals surface area (Å²) in [7, 11) is 0. The van der Waals surface area contributed by atoms with Crippen LogP contribution in [0.1, 0.15) is 30.1 Å². The topological polar surface area (TPSA) is 75.6 Å². The molecule has 1 aliphatic heterocycles. The Kier molecular flexibility index (Phi) is 3.57. The predicted molar refractivity (Wildman–Crippen MR) is 86.8 cm³/mol. The van der Waals surface area contributed by atoms with Crippen molar-refractivity contribution in [1.82, 2.24) is 25.1 Å². The van der Waals surface area contributed by atoms with E-state index in [9.17, 15) is 4.79 Å². The molecule has 1 aromatic carbocycles. The van der Waals surface area contributed by atoms with Gasteiger partial charge in [-0.05, 0) is 24.5 Å². The molecule has 4 rings (SSSR count). The largest absolute Gasteiger partial charge is 0.361 e. The van der Waals surface area contributed by atoms with E-state index in [0.29, 0.717) is 13.0 Å². The highest BCUT2D eigenvalue weighted by Crippen LogP contribution is 2.18. The monoisotopic (exact) mass is 309 g/mol. The number of carbonyl (C=O) groups is 1. The van der Waals surface area contributed by atoms with E-state index in [1.807, 2.05) is 30.5 Å². The summed E-state index contributed by atoms with van der Waals surface area (Å²) in [6.45, 7) is 1.39.